The maximum absolute atomic E-state index is 13.7. The maximum Gasteiger partial charge on any atom is 0.278 e. The Bertz CT molecular complexity index is 1700. The number of aryl methyl sites for hydroxylation is 2. The number of H-pyrrole nitrogens is 1. The van der Waals surface area contributed by atoms with Gasteiger partial charge in [-0.3, -0.25) is 9.69 Å². The van der Waals surface area contributed by atoms with Crippen molar-refractivity contribution in [2.75, 3.05) is 13.7 Å². The second-order valence-corrected chi connectivity index (χ2v) is 9.48. The first-order valence-corrected chi connectivity index (χ1v) is 12.4. The number of benzene rings is 3. The van der Waals surface area contributed by atoms with Gasteiger partial charge in [0.25, 0.3) is 5.91 Å². The average molecular weight is 489 g/mol. The molecule has 0 atom stereocenters. The van der Waals surface area contributed by atoms with E-state index in [0.717, 1.165) is 44.2 Å². The lowest BCUT2D eigenvalue weighted by molar-refractivity contribution is -0.122. The summed E-state index contributed by atoms with van der Waals surface area (Å²) in [7, 11) is 3.69. The number of hydrogen-bond acceptors (Lipinski definition) is 3. The molecule has 0 fully saturated rings. The van der Waals surface area contributed by atoms with Crippen LogP contribution < -0.4 is 4.74 Å². The molecule has 2 aromatic heterocycles. The summed E-state index contributed by atoms with van der Waals surface area (Å²) in [5.74, 6) is 1.42. The number of fused-ring (bicyclic) bond motifs is 2. The number of nitrogens with one attached hydrogen (secondary N) is 1. The minimum atomic E-state index is -0.0825. The zero-order chi connectivity index (χ0) is 25.5. The molecule has 6 heteroatoms. The summed E-state index contributed by atoms with van der Waals surface area (Å²) in [5.41, 5.74) is 6.84. The van der Waals surface area contributed by atoms with Gasteiger partial charge in [-0.15, -0.1) is 0 Å². The van der Waals surface area contributed by atoms with Gasteiger partial charge in [0.1, 0.15) is 17.3 Å². The van der Waals surface area contributed by atoms with E-state index in [0.29, 0.717) is 24.5 Å². The lowest BCUT2D eigenvalue weighted by Crippen LogP contribution is -2.34. The van der Waals surface area contributed by atoms with E-state index in [1.807, 2.05) is 68.0 Å². The number of amides is 1. The number of amidine groups is 1. The van der Waals surface area contributed by atoms with Crippen LogP contribution >= 0.6 is 0 Å². The average Bonchev–Trinajstić information content (AvgIpc) is 3.57. The van der Waals surface area contributed by atoms with Gasteiger partial charge in [0.15, 0.2) is 0 Å². The molecule has 6 nitrogen and oxygen atoms in total. The number of rotatable bonds is 6. The summed E-state index contributed by atoms with van der Waals surface area (Å²) in [4.78, 5) is 23.7. The highest BCUT2D eigenvalue weighted by molar-refractivity contribution is 6.20. The van der Waals surface area contributed by atoms with Crippen LogP contribution in [0.2, 0.25) is 0 Å². The van der Waals surface area contributed by atoms with Crippen molar-refractivity contribution in [2.24, 2.45) is 12.0 Å². The molecular weight excluding hydrogens is 460 g/mol. The highest BCUT2D eigenvalue weighted by Gasteiger charge is 2.31. The number of para-hydroxylation sites is 1. The minimum Gasteiger partial charge on any atom is -0.497 e. The second-order valence-electron chi connectivity index (χ2n) is 9.48. The number of carbonyl (C=O) groups excluding carboxylic acids is 1. The number of nitrogens with zero attached hydrogens (tertiary/aromatic N) is 3. The Hall–Kier alpha value is -4.58. The van der Waals surface area contributed by atoms with Gasteiger partial charge < -0.3 is 14.3 Å². The smallest absolute Gasteiger partial charge is 0.278 e. The Morgan fingerprint density at radius 2 is 1.84 bits per heavy atom. The zero-order valence-electron chi connectivity index (χ0n) is 21.2. The van der Waals surface area contributed by atoms with Crippen LogP contribution in [-0.4, -0.2) is 39.8 Å². The molecule has 0 spiro atoms. The number of methoxy groups -OCH3 is 1. The van der Waals surface area contributed by atoms with Crippen molar-refractivity contribution in [2.45, 2.75) is 13.3 Å². The summed E-state index contributed by atoms with van der Waals surface area (Å²) >= 11 is 0. The fraction of sp³-hybridized carbons (Fsp3) is 0.161. The highest BCUT2D eigenvalue weighted by Crippen LogP contribution is 2.28. The monoisotopic (exact) mass is 488 g/mol. The zero-order valence-corrected chi connectivity index (χ0v) is 21.2. The summed E-state index contributed by atoms with van der Waals surface area (Å²) in [6, 6.07) is 22.4. The van der Waals surface area contributed by atoms with E-state index < -0.39 is 0 Å². The predicted octanol–water partition coefficient (Wildman–Crippen LogP) is 5.85. The molecular formula is C31H28N4O2. The van der Waals surface area contributed by atoms with E-state index >= 15 is 0 Å². The van der Waals surface area contributed by atoms with Crippen molar-refractivity contribution in [1.82, 2.24) is 14.5 Å². The third kappa shape index (κ3) is 4.10. The number of aromatic amines is 1. The Labute approximate surface area is 215 Å². The molecule has 37 heavy (non-hydrogen) atoms. The van der Waals surface area contributed by atoms with E-state index in [1.165, 1.54) is 5.56 Å². The predicted molar refractivity (Wildman–Crippen MR) is 149 cm³/mol. The van der Waals surface area contributed by atoms with Gasteiger partial charge in [-0.25, -0.2) is 4.99 Å². The Kier molecular flexibility index (Phi) is 5.64. The van der Waals surface area contributed by atoms with Crippen LogP contribution in [0.4, 0.5) is 0 Å². The highest BCUT2D eigenvalue weighted by atomic mass is 16.5. The molecule has 184 valence electrons. The molecule has 1 amide bonds. The molecule has 5 aromatic rings. The van der Waals surface area contributed by atoms with E-state index in [1.54, 1.807) is 12.0 Å². The molecule has 1 aliphatic heterocycles. The molecule has 0 bridgehead atoms. The SMILES string of the molecule is COc1ccc2[nH]cc(CCN3C(=O)/C(=C/c4cn(C)c5ccccc45)N=C3c3ccc(C)cc3)c2c1. The third-order valence-corrected chi connectivity index (χ3v) is 7.06. The number of ether oxygens (including phenoxy) is 1. The molecule has 0 saturated carbocycles. The van der Waals surface area contributed by atoms with Crippen molar-refractivity contribution in [1.29, 1.82) is 0 Å². The summed E-state index contributed by atoms with van der Waals surface area (Å²) in [6.07, 6.45) is 6.66. The number of hydrogen-bond donors (Lipinski definition) is 1. The molecule has 1 aliphatic rings. The first-order chi connectivity index (χ1) is 18.0. The topological polar surface area (TPSA) is 62.6 Å². The molecule has 0 aliphatic carbocycles. The van der Waals surface area contributed by atoms with E-state index in [2.05, 4.69) is 40.7 Å². The normalized spacial score (nSPS) is 14.8. The largest absolute Gasteiger partial charge is 0.497 e. The van der Waals surface area contributed by atoms with Gasteiger partial charge in [-0.1, -0.05) is 48.0 Å². The summed E-state index contributed by atoms with van der Waals surface area (Å²) in [5, 5.41) is 2.20. The molecule has 0 radical (unpaired) electrons. The van der Waals surface area contributed by atoms with Gasteiger partial charge in [0, 0.05) is 58.9 Å². The van der Waals surface area contributed by atoms with Gasteiger partial charge in [-0.2, -0.15) is 0 Å². The third-order valence-electron chi connectivity index (χ3n) is 7.06. The summed E-state index contributed by atoms with van der Waals surface area (Å²) < 4.78 is 7.50. The summed E-state index contributed by atoms with van der Waals surface area (Å²) in [6.45, 7) is 2.57. The van der Waals surface area contributed by atoms with Gasteiger partial charge in [-0.05, 0) is 49.2 Å². The molecule has 3 heterocycles. The van der Waals surface area contributed by atoms with Gasteiger partial charge >= 0.3 is 0 Å². The minimum absolute atomic E-state index is 0.0825. The fourth-order valence-electron chi connectivity index (χ4n) is 5.04. The quantitative estimate of drug-likeness (QED) is 0.305. The first kappa shape index (κ1) is 22.9. The van der Waals surface area contributed by atoms with Crippen LogP contribution in [0.1, 0.15) is 22.3 Å². The van der Waals surface area contributed by atoms with Crippen molar-refractivity contribution in [3.8, 4) is 5.75 Å². The number of aromatic nitrogens is 2. The van der Waals surface area contributed by atoms with E-state index in [4.69, 9.17) is 9.73 Å². The van der Waals surface area contributed by atoms with Crippen molar-refractivity contribution in [3.05, 3.63) is 107 Å². The lowest BCUT2D eigenvalue weighted by Gasteiger charge is -2.18. The van der Waals surface area contributed by atoms with Crippen LogP contribution in [0.15, 0.2) is 89.8 Å². The van der Waals surface area contributed by atoms with Crippen molar-refractivity contribution >= 4 is 39.6 Å². The van der Waals surface area contributed by atoms with Crippen molar-refractivity contribution < 1.29 is 9.53 Å². The van der Waals surface area contributed by atoms with E-state index in [-0.39, 0.29) is 5.91 Å². The first-order valence-electron chi connectivity index (χ1n) is 12.4. The number of aliphatic imine (C=N–C) groups is 1. The Morgan fingerprint density at radius 1 is 1.03 bits per heavy atom. The van der Waals surface area contributed by atoms with E-state index in [9.17, 15) is 4.79 Å². The van der Waals surface area contributed by atoms with Crippen LogP contribution in [0.25, 0.3) is 27.9 Å². The van der Waals surface area contributed by atoms with Crippen LogP contribution in [0, 0.1) is 6.92 Å². The Balaban J connectivity index is 1.37. The van der Waals surface area contributed by atoms with Crippen molar-refractivity contribution in [3.63, 3.8) is 0 Å². The van der Waals surface area contributed by atoms with Crippen LogP contribution in [0.3, 0.4) is 0 Å². The second kappa shape index (κ2) is 9.13. The standard InChI is InChI=1S/C31H28N4O2/c1-20-8-10-21(11-9-20)30-33-28(16-23-19-34(2)29-7-5-4-6-25(23)29)31(36)35(30)15-14-22-18-32-27-13-12-24(37-3)17-26(22)27/h4-13,16-19,32H,14-15H2,1-3H3/b28-16-. The van der Waals surface area contributed by atoms with Crippen LogP contribution in [-0.2, 0) is 18.3 Å². The Morgan fingerprint density at radius 3 is 2.65 bits per heavy atom. The maximum atomic E-state index is 13.7. The molecule has 3 aromatic carbocycles. The lowest BCUT2D eigenvalue weighted by atomic mass is 10.1. The molecule has 1 N–H and O–H groups in total. The fourth-order valence-corrected chi connectivity index (χ4v) is 5.04. The van der Waals surface area contributed by atoms with Gasteiger partial charge in [0.2, 0.25) is 0 Å². The molecule has 0 unspecified atom stereocenters. The molecule has 0 saturated heterocycles. The van der Waals surface area contributed by atoms with Gasteiger partial charge in [0.05, 0.1) is 7.11 Å². The van der Waals surface area contributed by atoms with Crippen LogP contribution in [0.5, 0.6) is 5.75 Å². The number of carbonyl (C=O) groups is 1. The molecule has 6 rings (SSSR count).